The third-order valence-corrected chi connectivity index (χ3v) is 6.22. The summed E-state index contributed by atoms with van der Waals surface area (Å²) >= 11 is 0. The van der Waals surface area contributed by atoms with E-state index in [2.05, 4.69) is 26.4 Å². The summed E-state index contributed by atoms with van der Waals surface area (Å²) in [4.78, 5) is 17.9. The zero-order chi connectivity index (χ0) is 21.5. The van der Waals surface area contributed by atoms with E-state index in [1.54, 1.807) is 16.9 Å². The highest BCUT2D eigenvalue weighted by molar-refractivity contribution is 5.85. The Kier molecular flexibility index (Phi) is 4.62. The Labute approximate surface area is 178 Å². The number of hydrogen-bond acceptors (Lipinski definition) is 6. The summed E-state index contributed by atoms with van der Waals surface area (Å²) in [6.07, 6.45) is 5.24. The Balaban J connectivity index is 1.42. The van der Waals surface area contributed by atoms with Gasteiger partial charge in [0.05, 0.1) is 30.1 Å². The number of nitrogens with zero attached hydrogens (tertiary/aromatic N) is 5. The lowest BCUT2D eigenvalue weighted by Gasteiger charge is -2.53. The number of nitriles is 1. The van der Waals surface area contributed by atoms with Crippen molar-refractivity contribution >= 4 is 17.4 Å². The number of rotatable bonds is 5. The van der Waals surface area contributed by atoms with Crippen LogP contribution in [0.3, 0.4) is 0 Å². The van der Waals surface area contributed by atoms with Crippen LogP contribution < -0.4 is 15.0 Å². The first-order valence-electron chi connectivity index (χ1n) is 10.3. The molecule has 2 aliphatic heterocycles. The van der Waals surface area contributed by atoms with E-state index in [-0.39, 0.29) is 6.04 Å². The van der Waals surface area contributed by atoms with E-state index in [9.17, 15) is 10.1 Å². The van der Waals surface area contributed by atoms with Crippen molar-refractivity contribution in [2.45, 2.75) is 19.4 Å². The maximum Gasteiger partial charge on any atom is 0.404 e. The minimum absolute atomic E-state index is 0.0499. The van der Waals surface area contributed by atoms with Crippen molar-refractivity contribution in [2.24, 2.45) is 11.8 Å². The Morgan fingerprint density at radius 3 is 2.81 bits per heavy atom. The van der Waals surface area contributed by atoms with Gasteiger partial charge in [-0.15, -0.1) is 0 Å². The largest absolute Gasteiger partial charge is 0.492 e. The van der Waals surface area contributed by atoms with Crippen molar-refractivity contribution in [1.82, 2.24) is 19.9 Å². The van der Waals surface area contributed by atoms with Crippen LogP contribution in [-0.2, 0) is 0 Å². The molecule has 9 heteroatoms. The molecular formula is C22H22N6O3. The molecule has 2 bridgehead atoms. The van der Waals surface area contributed by atoms with Gasteiger partial charge in [0, 0.05) is 36.5 Å². The van der Waals surface area contributed by atoms with E-state index in [1.807, 2.05) is 31.3 Å². The number of ether oxygens (including phenoxy) is 1. The zero-order valence-electron chi connectivity index (χ0n) is 17.0. The number of fused-ring (bicyclic) bond motifs is 3. The molecule has 2 N–H and O–H groups in total. The number of aromatic nitrogens is 3. The molecule has 3 aromatic heterocycles. The fraction of sp³-hybridized carbons (Fsp3) is 0.364. The Morgan fingerprint density at radius 1 is 1.35 bits per heavy atom. The zero-order valence-corrected chi connectivity index (χ0v) is 17.0. The van der Waals surface area contributed by atoms with E-state index in [0.717, 1.165) is 42.0 Å². The number of piperidine rings is 2. The molecule has 3 aliphatic rings. The summed E-state index contributed by atoms with van der Waals surface area (Å²) in [6.45, 7) is 4.03. The summed E-state index contributed by atoms with van der Waals surface area (Å²) in [5.74, 6) is 2.19. The van der Waals surface area contributed by atoms with Crippen LogP contribution in [0.1, 0.15) is 18.9 Å². The molecular weight excluding hydrogens is 396 g/mol. The molecule has 1 aliphatic carbocycles. The van der Waals surface area contributed by atoms with Gasteiger partial charge in [-0.2, -0.15) is 10.4 Å². The van der Waals surface area contributed by atoms with Gasteiger partial charge in [0.25, 0.3) is 0 Å². The molecule has 0 unspecified atom stereocenters. The summed E-state index contributed by atoms with van der Waals surface area (Å²) in [7, 11) is 0. The number of pyridine rings is 2. The number of anilines is 1. The van der Waals surface area contributed by atoms with E-state index >= 15 is 0 Å². The van der Waals surface area contributed by atoms with Crippen LogP contribution in [0.4, 0.5) is 10.6 Å². The predicted molar refractivity (Wildman–Crippen MR) is 113 cm³/mol. The second kappa shape index (κ2) is 7.47. The van der Waals surface area contributed by atoms with Crippen LogP contribution in [0.25, 0.3) is 16.6 Å². The van der Waals surface area contributed by atoms with Crippen molar-refractivity contribution in [3.8, 4) is 22.9 Å². The molecule has 3 aromatic rings. The van der Waals surface area contributed by atoms with Crippen LogP contribution in [-0.4, -0.2) is 51.5 Å². The van der Waals surface area contributed by atoms with Crippen molar-refractivity contribution in [3.05, 3.63) is 42.4 Å². The van der Waals surface area contributed by atoms with Crippen LogP contribution in [0.5, 0.6) is 5.75 Å². The number of carbonyl (C=O) groups is 1. The third kappa shape index (κ3) is 3.30. The van der Waals surface area contributed by atoms with Crippen molar-refractivity contribution in [3.63, 3.8) is 0 Å². The Bertz CT molecular complexity index is 1170. The standard InChI is InChI=1S/C22H22N6O3/c1-2-31-17-6-18(21-16(7-23)9-25-28(21)12-17)13-3-4-19(24-8-13)27-10-14-5-15(11-27)20(14)26-22(29)30/h3-4,6,8-9,12,14-15,20,26H,2,5,10-11H2,1H3,(H,29,30)/t14-,15+,20+. The fourth-order valence-corrected chi connectivity index (χ4v) is 4.83. The molecule has 1 amide bonds. The summed E-state index contributed by atoms with van der Waals surface area (Å²) in [5, 5.41) is 25.4. The normalized spacial score (nSPS) is 21.9. The SMILES string of the molecule is CCOc1cc(-c2ccc(N3C[C@H]4C[C@@H](C3)[C@H]4NC(=O)O)nc2)c2c(C#N)cnn2c1. The van der Waals surface area contributed by atoms with Crippen molar-refractivity contribution in [1.29, 1.82) is 5.26 Å². The van der Waals surface area contributed by atoms with Crippen LogP contribution in [0.15, 0.2) is 36.8 Å². The summed E-state index contributed by atoms with van der Waals surface area (Å²) in [6, 6.07) is 8.14. The molecule has 3 atom stereocenters. The van der Waals surface area contributed by atoms with E-state index in [1.165, 1.54) is 0 Å². The van der Waals surface area contributed by atoms with E-state index in [4.69, 9.17) is 9.84 Å². The topological polar surface area (TPSA) is 116 Å². The van der Waals surface area contributed by atoms with Gasteiger partial charge in [-0.3, -0.25) is 0 Å². The molecule has 0 radical (unpaired) electrons. The monoisotopic (exact) mass is 418 g/mol. The summed E-state index contributed by atoms with van der Waals surface area (Å²) in [5.41, 5.74) is 2.93. The summed E-state index contributed by atoms with van der Waals surface area (Å²) < 4.78 is 7.34. The minimum Gasteiger partial charge on any atom is -0.492 e. The maximum atomic E-state index is 11.0. The second-order valence-electron chi connectivity index (χ2n) is 8.03. The first kappa shape index (κ1) is 19.2. The van der Waals surface area contributed by atoms with Crippen LogP contribution in [0, 0.1) is 23.2 Å². The van der Waals surface area contributed by atoms with Gasteiger partial charge >= 0.3 is 6.09 Å². The second-order valence-corrected chi connectivity index (χ2v) is 8.03. The minimum atomic E-state index is -0.951. The van der Waals surface area contributed by atoms with Gasteiger partial charge in [0.2, 0.25) is 0 Å². The van der Waals surface area contributed by atoms with E-state index < -0.39 is 6.09 Å². The number of carboxylic acid groups (broad SMARTS) is 1. The fourth-order valence-electron chi connectivity index (χ4n) is 4.83. The van der Waals surface area contributed by atoms with Gasteiger partial charge in [-0.25, -0.2) is 14.3 Å². The molecule has 2 saturated heterocycles. The first-order chi connectivity index (χ1) is 15.1. The molecule has 5 heterocycles. The Hall–Kier alpha value is -3.80. The van der Waals surface area contributed by atoms with Crippen LogP contribution in [0.2, 0.25) is 0 Å². The lowest BCUT2D eigenvalue weighted by atomic mass is 9.66. The van der Waals surface area contributed by atoms with Crippen molar-refractivity contribution in [2.75, 3.05) is 24.6 Å². The lowest BCUT2D eigenvalue weighted by molar-refractivity contribution is 0.0808. The molecule has 158 valence electrons. The Morgan fingerprint density at radius 2 is 2.16 bits per heavy atom. The van der Waals surface area contributed by atoms with Gasteiger partial charge in [0.15, 0.2) is 0 Å². The molecule has 0 aromatic carbocycles. The highest BCUT2D eigenvalue weighted by atomic mass is 16.5. The van der Waals surface area contributed by atoms with Crippen molar-refractivity contribution < 1.29 is 14.6 Å². The number of amides is 1. The van der Waals surface area contributed by atoms with Crippen LogP contribution >= 0.6 is 0 Å². The average molecular weight is 418 g/mol. The third-order valence-electron chi connectivity index (χ3n) is 6.22. The van der Waals surface area contributed by atoms with Gasteiger partial charge in [-0.05, 0) is 43.4 Å². The molecule has 6 rings (SSSR count). The number of hydrogen-bond donors (Lipinski definition) is 2. The molecule has 0 spiro atoms. The smallest absolute Gasteiger partial charge is 0.404 e. The highest BCUT2D eigenvalue weighted by Crippen LogP contribution is 2.41. The van der Waals surface area contributed by atoms with Gasteiger partial charge < -0.3 is 20.1 Å². The predicted octanol–water partition coefficient (Wildman–Crippen LogP) is 2.76. The number of nitrogens with one attached hydrogen (secondary N) is 1. The van der Waals surface area contributed by atoms with Gasteiger partial charge in [-0.1, -0.05) is 0 Å². The highest BCUT2D eigenvalue weighted by Gasteiger charge is 2.47. The molecule has 9 nitrogen and oxygen atoms in total. The first-order valence-corrected chi connectivity index (χ1v) is 10.3. The lowest BCUT2D eigenvalue weighted by Crippen LogP contribution is -2.64. The van der Waals surface area contributed by atoms with E-state index in [0.29, 0.717) is 29.8 Å². The molecule has 31 heavy (non-hydrogen) atoms. The average Bonchev–Trinajstić information content (AvgIpc) is 3.20. The molecule has 1 saturated carbocycles. The molecule has 3 fully saturated rings. The van der Waals surface area contributed by atoms with Gasteiger partial charge in [0.1, 0.15) is 17.6 Å². The quantitative estimate of drug-likeness (QED) is 0.654. The maximum absolute atomic E-state index is 11.0.